The van der Waals surface area contributed by atoms with Gasteiger partial charge in [0.15, 0.2) is 11.6 Å². The Morgan fingerprint density at radius 2 is 2.04 bits per heavy atom. The molecule has 5 rings (SSSR count). The van der Waals surface area contributed by atoms with Gasteiger partial charge in [-0.25, -0.2) is 0 Å². The predicted octanol–water partition coefficient (Wildman–Crippen LogP) is 4.03. The zero-order chi connectivity index (χ0) is 18.7. The molecule has 0 aromatic carbocycles. The third kappa shape index (κ3) is 2.51. The monoisotopic (exact) mass is 354 g/mol. The first-order valence-corrected chi connectivity index (χ1v) is 10.1. The fourth-order valence-corrected chi connectivity index (χ4v) is 6.96. The Morgan fingerprint density at radius 1 is 1.31 bits per heavy atom. The second-order valence-corrected chi connectivity index (χ2v) is 9.32. The molecule has 7 atom stereocenters. The van der Waals surface area contributed by atoms with Gasteiger partial charge in [0.05, 0.1) is 6.10 Å². The minimum absolute atomic E-state index is 0.0185. The van der Waals surface area contributed by atoms with E-state index in [1.807, 2.05) is 6.08 Å². The van der Waals surface area contributed by atoms with Crippen molar-refractivity contribution in [2.75, 3.05) is 0 Å². The van der Waals surface area contributed by atoms with Gasteiger partial charge in [0, 0.05) is 11.3 Å². The molecule has 0 radical (unpaired) electrons. The van der Waals surface area contributed by atoms with Crippen LogP contribution in [0.2, 0.25) is 0 Å². The molecule has 0 saturated heterocycles. The standard InChI is InChI=1S/C19H24O2.C4H6O/c1-18-7-6-13(20)8-11(18)2-4-14-15-5-3-12-9-19(12,15)10-16(21)17(14)18;1-3-4(2)5/h6-8,12,14-17,21H,2-5,9-10H2,1H3;3H,1H2,2H3. The highest BCUT2D eigenvalue weighted by atomic mass is 16.3. The maximum Gasteiger partial charge on any atom is 0.178 e. The van der Waals surface area contributed by atoms with Gasteiger partial charge in [0.2, 0.25) is 0 Å². The lowest BCUT2D eigenvalue weighted by Crippen LogP contribution is -2.53. The van der Waals surface area contributed by atoms with E-state index in [9.17, 15) is 14.7 Å². The van der Waals surface area contributed by atoms with Gasteiger partial charge in [-0.15, -0.1) is 0 Å². The fourth-order valence-electron chi connectivity index (χ4n) is 6.96. The molecule has 1 N–H and O–H groups in total. The van der Waals surface area contributed by atoms with Gasteiger partial charge in [-0.3, -0.25) is 9.59 Å². The number of carbonyl (C=O) groups is 2. The predicted molar refractivity (Wildman–Crippen MR) is 101 cm³/mol. The Kier molecular flexibility index (Phi) is 4.15. The van der Waals surface area contributed by atoms with E-state index in [-0.39, 0.29) is 23.1 Å². The lowest BCUT2D eigenvalue weighted by atomic mass is 9.49. The summed E-state index contributed by atoms with van der Waals surface area (Å²) in [5, 5.41) is 11.0. The van der Waals surface area contributed by atoms with Crippen LogP contribution < -0.4 is 0 Å². The van der Waals surface area contributed by atoms with Crippen molar-refractivity contribution < 1.29 is 14.7 Å². The molecule has 0 aromatic heterocycles. The molecule has 5 aliphatic rings. The summed E-state index contributed by atoms with van der Waals surface area (Å²) in [6.07, 6.45) is 14.2. The van der Waals surface area contributed by atoms with Crippen LogP contribution in [0.15, 0.2) is 36.5 Å². The molecule has 0 aromatic rings. The van der Waals surface area contributed by atoms with Gasteiger partial charge in [-0.05, 0) is 86.8 Å². The van der Waals surface area contributed by atoms with Crippen LogP contribution in [-0.2, 0) is 9.59 Å². The first-order chi connectivity index (χ1) is 12.3. The lowest BCUT2D eigenvalue weighted by Gasteiger charge is -2.56. The molecule has 3 heteroatoms. The molecule has 1 spiro atoms. The summed E-state index contributed by atoms with van der Waals surface area (Å²) in [6.45, 7) is 6.94. The van der Waals surface area contributed by atoms with Crippen molar-refractivity contribution in [3.63, 3.8) is 0 Å². The molecular weight excluding hydrogens is 324 g/mol. The lowest BCUT2D eigenvalue weighted by molar-refractivity contribution is -0.113. The Labute approximate surface area is 156 Å². The highest BCUT2D eigenvalue weighted by Gasteiger charge is 2.69. The molecule has 4 saturated carbocycles. The van der Waals surface area contributed by atoms with Crippen LogP contribution in [0.3, 0.4) is 0 Å². The van der Waals surface area contributed by atoms with Gasteiger partial charge in [0.25, 0.3) is 0 Å². The normalized spacial score (nSPS) is 47.3. The third-order valence-corrected chi connectivity index (χ3v) is 8.15. The van der Waals surface area contributed by atoms with E-state index in [1.165, 1.54) is 44.3 Å². The summed E-state index contributed by atoms with van der Waals surface area (Å²) < 4.78 is 0. The molecule has 7 unspecified atom stereocenters. The molecular formula is C23H30O3. The highest BCUT2D eigenvalue weighted by Crippen LogP contribution is 2.76. The quantitative estimate of drug-likeness (QED) is 0.724. The fraction of sp³-hybridized carbons (Fsp3) is 0.652. The Balaban J connectivity index is 0.000000301. The minimum atomic E-state index is -0.180. The van der Waals surface area contributed by atoms with Crippen LogP contribution in [0, 0.1) is 34.5 Å². The molecule has 3 nitrogen and oxygen atoms in total. The van der Waals surface area contributed by atoms with Gasteiger partial charge < -0.3 is 5.11 Å². The van der Waals surface area contributed by atoms with E-state index in [1.54, 1.807) is 6.08 Å². The average molecular weight is 354 g/mol. The molecule has 4 fully saturated rings. The Morgan fingerprint density at radius 3 is 2.69 bits per heavy atom. The van der Waals surface area contributed by atoms with E-state index < -0.39 is 0 Å². The number of aliphatic hydroxyl groups is 1. The summed E-state index contributed by atoms with van der Waals surface area (Å²) in [5.74, 6) is 2.92. The number of carbonyl (C=O) groups excluding carboxylic acids is 2. The van der Waals surface area contributed by atoms with Crippen LogP contribution >= 0.6 is 0 Å². The Hall–Kier alpha value is -1.48. The molecule has 0 heterocycles. The largest absolute Gasteiger partial charge is 0.393 e. The number of aliphatic hydroxyl groups excluding tert-OH is 1. The SMILES string of the molecule is C=CC(C)=O.CC12C=CC(=O)C=C1CCC1C2C(O)CC23CC2CCC13. The molecule has 5 aliphatic carbocycles. The van der Waals surface area contributed by atoms with E-state index in [4.69, 9.17) is 0 Å². The van der Waals surface area contributed by atoms with Gasteiger partial charge in [0.1, 0.15) is 0 Å². The average Bonchev–Trinajstić information content (AvgIpc) is 3.16. The highest BCUT2D eigenvalue weighted by molar-refractivity contribution is 6.01. The smallest absolute Gasteiger partial charge is 0.178 e. The maximum atomic E-state index is 11.7. The molecule has 140 valence electrons. The number of fused-ring (bicyclic) bond motifs is 4. The summed E-state index contributed by atoms with van der Waals surface area (Å²) in [4.78, 5) is 21.4. The Bertz CT molecular complexity index is 717. The van der Waals surface area contributed by atoms with Gasteiger partial charge in [-0.2, -0.15) is 0 Å². The number of ketones is 2. The van der Waals surface area contributed by atoms with Gasteiger partial charge in [-0.1, -0.05) is 25.2 Å². The molecule has 0 bridgehead atoms. The second-order valence-electron chi connectivity index (χ2n) is 9.32. The molecule has 0 amide bonds. The number of allylic oxidation sites excluding steroid dienone is 5. The second kappa shape index (κ2) is 6.02. The summed E-state index contributed by atoms with van der Waals surface area (Å²) >= 11 is 0. The van der Waals surface area contributed by atoms with Gasteiger partial charge >= 0.3 is 0 Å². The van der Waals surface area contributed by atoms with Crippen molar-refractivity contribution in [1.29, 1.82) is 0 Å². The molecule has 26 heavy (non-hydrogen) atoms. The van der Waals surface area contributed by atoms with Crippen LogP contribution in [0.25, 0.3) is 0 Å². The molecule has 0 aliphatic heterocycles. The zero-order valence-corrected chi connectivity index (χ0v) is 15.9. The van der Waals surface area contributed by atoms with Crippen molar-refractivity contribution >= 4 is 11.6 Å². The van der Waals surface area contributed by atoms with Crippen LogP contribution in [0.1, 0.15) is 52.4 Å². The van der Waals surface area contributed by atoms with Crippen molar-refractivity contribution in [3.8, 4) is 0 Å². The first-order valence-electron chi connectivity index (χ1n) is 10.1. The zero-order valence-electron chi connectivity index (χ0n) is 15.9. The van der Waals surface area contributed by atoms with Crippen molar-refractivity contribution in [2.45, 2.75) is 58.5 Å². The number of hydrogen-bond donors (Lipinski definition) is 1. The van der Waals surface area contributed by atoms with Crippen LogP contribution in [-0.4, -0.2) is 22.8 Å². The number of hydrogen-bond acceptors (Lipinski definition) is 3. The van der Waals surface area contributed by atoms with Crippen molar-refractivity contribution in [3.05, 3.63) is 36.5 Å². The number of rotatable bonds is 1. The minimum Gasteiger partial charge on any atom is -0.393 e. The van der Waals surface area contributed by atoms with E-state index in [2.05, 4.69) is 19.6 Å². The van der Waals surface area contributed by atoms with E-state index in [0.29, 0.717) is 17.3 Å². The topological polar surface area (TPSA) is 54.4 Å². The van der Waals surface area contributed by atoms with Crippen LogP contribution in [0.4, 0.5) is 0 Å². The summed E-state index contributed by atoms with van der Waals surface area (Å²) in [6, 6.07) is 0. The first kappa shape index (κ1) is 17.9. The van der Waals surface area contributed by atoms with Crippen molar-refractivity contribution in [1.82, 2.24) is 0 Å². The van der Waals surface area contributed by atoms with E-state index in [0.717, 1.165) is 24.7 Å². The van der Waals surface area contributed by atoms with Crippen molar-refractivity contribution in [2.24, 2.45) is 34.5 Å². The maximum absolute atomic E-state index is 11.7. The summed E-state index contributed by atoms with van der Waals surface area (Å²) in [5.41, 5.74) is 1.72. The summed E-state index contributed by atoms with van der Waals surface area (Å²) in [7, 11) is 0. The third-order valence-electron chi connectivity index (χ3n) is 8.15. The van der Waals surface area contributed by atoms with Crippen LogP contribution in [0.5, 0.6) is 0 Å². The van der Waals surface area contributed by atoms with E-state index >= 15 is 0 Å².